The molecule has 0 aromatic heterocycles. The number of rotatable bonds is 1. The van der Waals surface area contributed by atoms with E-state index in [4.69, 9.17) is 10.5 Å². The van der Waals surface area contributed by atoms with Crippen molar-refractivity contribution in [2.75, 3.05) is 13.2 Å². The minimum Gasteiger partial charge on any atom is -0.493 e. The molecule has 1 atom stereocenters. The van der Waals surface area contributed by atoms with Gasteiger partial charge in [0.15, 0.2) is 0 Å². The van der Waals surface area contributed by atoms with Gasteiger partial charge in [-0.3, -0.25) is 0 Å². The summed E-state index contributed by atoms with van der Waals surface area (Å²) >= 11 is 0. The largest absolute Gasteiger partial charge is 0.493 e. The van der Waals surface area contributed by atoms with Crippen LogP contribution in [0.4, 0.5) is 0 Å². The van der Waals surface area contributed by atoms with Crippen LogP contribution in [-0.2, 0) is 0 Å². The highest BCUT2D eigenvalue weighted by Crippen LogP contribution is 2.32. The van der Waals surface area contributed by atoms with Crippen LogP contribution < -0.4 is 10.5 Å². The van der Waals surface area contributed by atoms with Crippen molar-refractivity contribution in [3.63, 3.8) is 0 Å². The lowest BCUT2D eigenvalue weighted by molar-refractivity contribution is 0.333. The lowest BCUT2D eigenvalue weighted by Crippen LogP contribution is -2.13. The Labute approximate surface area is 78.1 Å². The fourth-order valence-corrected chi connectivity index (χ4v) is 1.42. The van der Waals surface area contributed by atoms with Gasteiger partial charge in [0.1, 0.15) is 5.75 Å². The van der Waals surface area contributed by atoms with Crippen LogP contribution in [-0.4, -0.2) is 13.2 Å². The number of fused-ring (bicyclic) bond motifs is 1. The van der Waals surface area contributed by atoms with Crippen molar-refractivity contribution in [3.05, 3.63) is 29.8 Å². The van der Waals surface area contributed by atoms with Gasteiger partial charge >= 0.3 is 0 Å². The zero-order valence-electron chi connectivity index (χ0n) is 6.69. The highest BCUT2D eigenvalue weighted by molar-refractivity contribution is 5.85. The van der Waals surface area contributed by atoms with E-state index in [1.807, 2.05) is 18.2 Å². The number of para-hydroxylation sites is 1. The molecule has 0 aliphatic carbocycles. The van der Waals surface area contributed by atoms with Gasteiger partial charge in [0, 0.05) is 18.0 Å². The van der Waals surface area contributed by atoms with Gasteiger partial charge < -0.3 is 10.5 Å². The Balaban J connectivity index is 0.000000720. The average molecular weight is 186 g/mol. The lowest BCUT2D eigenvalue weighted by atomic mass is 10.0. The van der Waals surface area contributed by atoms with E-state index in [2.05, 4.69) is 6.07 Å². The molecule has 2 rings (SSSR count). The summed E-state index contributed by atoms with van der Waals surface area (Å²) in [4.78, 5) is 0. The maximum absolute atomic E-state index is 5.57. The first-order valence-electron chi connectivity index (χ1n) is 3.83. The number of halogens is 1. The Morgan fingerprint density at radius 1 is 1.42 bits per heavy atom. The van der Waals surface area contributed by atoms with Crippen LogP contribution in [0.25, 0.3) is 0 Å². The third-order valence-corrected chi connectivity index (χ3v) is 2.08. The SMILES string of the molecule is Cl.NCC1COc2ccccc21. The zero-order chi connectivity index (χ0) is 7.68. The molecule has 66 valence electrons. The summed E-state index contributed by atoms with van der Waals surface area (Å²) in [5, 5.41) is 0. The van der Waals surface area contributed by atoms with Gasteiger partial charge in [-0.2, -0.15) is 0 Å². The molecule has 2 N–H and O–H groups in total. The van der Waals surface area contributed by atoms with E-state index < -0.39 is 0 Å². The Morgan fingerprint density at radius 3 is 2.92 bits per heavy atom. The molecule has 0 spiro atoms. The van der Waals surface area contributed by atoms with Crippen LogP contribution in [0, 0.1) is 0 Å². The third-order valence-electron chi connectivity index (χ3n) is 2.08. The second kappa shape index (κ2) is 3.78. The van der Waals surface area contributed by atoms with Crippen molar-refractivity contribution < 1.29 is 4.74 Å². The van der Waals surface area contributed by atoms with Crippen LogP contribution >= 0.6 is 12.4 Å². The Bertz CT molecular complexity index is 264. The van der Waals surface area contributed by atoms with E-state index in [0.29, 0.717) is 12.5 Å². The van der Waals surface area contributed by atoms with Crippen molar-refractivity contribution >= 4 is 12.4 Å². The topological polar surface area (TPSA) is 35.2 Å². The average Bonchev–Trinajstić information content (AvgIpc) is 2.47. The molecule has 1 aromatic rings. The van der Waals surface area contributed by atoms with E-state index >= 15 is 0 Å². The van der Waals surface area contributed by atoms with E-state index in [1.54, 1.807) is 0 Å². The summed E-state index contributed by atoms with van der Waals surface area (Å²) in [6.45, 7) is 1.42. The maximum atomic E-state index is 5.57. The smallest absolute Gasteiger partial charge is 0.122 e. The van der Waals surface area contributed by atoms with Crippen LogP contribution in [0.2, 0.25) is 0 Å². The van der Waals surface area contributed by atoms with Gasteiger partial charge in [-0.05, 0) is 6.07 Å². The van der Waals surface area contributed by atoms with Gasteiger partial charge in [-0.15, -0.1) is 12.4 Å². The standard InChI is InChI=1S/C9H11NO.ClH/c10-5-7-6-11-9-4-2-1-3-8(7)9;/h1-4,7H,5-6,10H2;1H. The van der Waals surface area contributed by atoms with Crippen molar-refractivity contribution in [2.45, 2.75) is 5.92 Å². The predicted octanol–water partition coefficient (Wildman–Crippen LogP) is 1.54. The normalized spacial score (nSPS) is 19.2. The van der Waals surface area contributed by atoms with Crippen LogP contribution in [0.3, 0.4) is 0 Å². The molecule has 12 heavy (non-hydrogen) atoms. The van der Waals surface area contributed by atoms with Crippen molar-refractivity contribution in [1.29, 1.82) is 0 Å². The van der Waals surface area contributed by atoms with E-state index in [-0.39, 0.29) is 12.4 Å². The van der Waals surface area contributed by atoms with E-state index in [9.17, 15) is 0 Å². The van der Waals surface area contributed by atoms with Gasteiger partial charge in [-0.25, -0.2) is 0 Å². The molecule has 1 aliphatic rings. The second-order valence-corrected chi connectivity index (χ2v) is 2.78. The fraction of sp³-hybridized carbons (Fsp3) is 0.333. The molecule has 0 bridgehead atoms. The molecule has 0 saturated carbocycles. The zero-order valence-corrected chi connectivity index (χ0v) is 7.51. The van der Waals surface area contributed by atoms with E-state index in [1.165, 1.54) is 5.56 Å². The van der Waals surface area contributed by atoms with Crippen molar-refractivity contribution in [1.82, 2.24) is 0 Å². The lowest BCUT2D eigenvalue weighted by Gasteiger charge is -2.02. The third kappa shape index (κ3) is 1.40. The molecule has 0 saturated heterocycles. The highest BCUT2D eigenvalue weighted by Gasteiger charge is 2.21. The molecule has 1 unspecified atom stereocenters. The minimum absolute atomic E-state index is 0. The van der Waals surface area contributed by atoms with Crippen LogP contribution in [0.5, 0.6) is 5.75 Å². The highest BCUT2D eigenvalue weighted by atomic mass is 35.5. The number of hydrogen-bond acceptors (Lipinski definition) is 2. The minimum atomic E-state index is 0. The molecule has 1 heterocycles. The summed E-state index contributed by atoms with van der Waals surface area (Å²) < 4.78 is 5.42. The Morgan fingerprint density at radius 2 is 2.17 bits per heavy atom. The van der Waals surface area contributed by atoms with Gasteiger partial charge in [0.25, 0.3) is 0 Å². The fourth-order valence-electron chi connectivity index (χ4n) is 1.42. The summed E-state index contributed by atoms with van der Waals surface area (Å²) in [7, 11) is 0. The monoisotopic (exact) mass is 185 g/mol. The number of hydrogen-bond donors (Lipinski definition) is 1. The molecule has 0 fully saturated rings. The first-order chi connectivity index (χ1) is 5.42. The van der Waals surface area contributed by atoms with Crippen LogP contribution in [0.15, 0.2) is 24.3 Å². The quantitative estimate of drug-likeness (QED) is 0.721. The summed E-state index contributed by atoms with van der Waals surface area (Å²) in [6.07, 6.45) is 0. The predicted molar refractivity (Wildman–Crippen MR) is 51.0 cm³/mol. The summed E-state index contributed by atoms with van der Waals surface area (Å²) in [6, 6.07) is 8.08. The molecular weight excluding hydrogens is 174 g/mol. The van der Waals surface area contributed by atoms with E-state index in [0.717, 1.165) is 12.4 Å². The summed E-state index contributed by atoms with van der Waals surface area (Å²) in [5.41, 5.74) is 6.83. The molecule has 2 nitrogen and oxygen atoms in total. The maximum Gasteiger partial charge on any atom is 0.122 e. The first kappa shape index (κ1) is 9.36. The Hall–Kier alpha value is -0.730. The second-order valence-electron chi connectivity index (χ2n) is 2.78. The molecule has 1 aliphatic heterocycles. The summed E-state index contributed by atoms with van der Waals surface area (Å²) in [5.74, 6) is 1.41. The number of nitrogens with two attached hydrogens (primary N) is 1. The first-order valence-corrected chi connectivity index (χ1v) is 3.83. The Kier molecular flexibility index (Phi) is 2.95. The molecule has 0 radical (unpaired) electrons. The molecular formula is C9H12ClNO. The van der Waals surface area contributed by atoms with Crippen LogP contribution in [0.1, 0.15) is 11.5 Å². The molecule has 3 heteroatoms. The number of benzene rings is 1. The molecule has 1 aromatic carbocycles. The number of ether oxygens (including phenoxy) is 1. The van der Waals surface area contributed by atoms with Crippen molar-refractivity contribution in [3.8, 4) is 5.75 Å². The molecule has 0 amide bonds. The van der Waals surface area contributed by atoms with Gasteiger partial charge in [0.2, 0.25) is 0 Å². The van der Waals surface area contributed by atoms with Crippen molar-refractivity contribution in [2.24, 2.45) is 5.73 Å². The van der Waals surface area contributed by atoms with Gasteiger partial charge in [-0.1, -0.05) is 18.2 Å². The van der Waals surface area contributed by atoms with Gasteiger partial charge in [0.05, 0.1) is 6.61 Å².